The van der Waals surface area contributed by atoms with Crippen molar-refractivity contribution in [2.45, 2.75) is 32.1 Å². The molecule has 130 valence electrons. The Balaban J connectivity index is 0.00000169. The van der Waals surface area contributed by atoms with E-state index < -0.39 is 0 Å². The highest BCUT2D eigenvalue weighted by Crippen LogP contribution is 2.43. The lowest BCUT2D eigenvalue weighted by molar-refractivity contribution is -0.133. The Hall–Kier alpha value is -1.17. The molecule has 2 fully saturated rings. The first kappa shape index (κ1) is 17.6. The Kier molecular flexibility index (Phi) is 5.42. The van der Waals surface area contributed by atoms with Crippen molar-refractivity contribution in [3.8, 4) is 0 Å². The van der Waals surface area contributed by atoms with Crippen LogP contribution in [-0.2, 0) is 11.2 Å². The van der Waals surface area contributed by atoms with E-state index >= 15 is 0 Å². The third kappa shape index (κ3) is 3.17. The molecule has 2 aromatic rings. The number of aromatic nitrogens is 1. The molecule has 1 aromatic heterocycles. The summed E-state index contributed by atoms with van der Waals surface area (Å²) in [6, 6.07) is 8.21. The molecule has 2 aliphatic rings. The fourth-order valence-corrected chi connectivity index (χ4v) is 5.14. The Morgan fingerprint density at radius 2 is 2.25 bits per heavy atom. The molecule has 1 aliphatic carbocycles. The zero-order valence-electron chi connectivity index (χ0n) is 13.7. The molecule has 6 heteroatoms. The first-order valence-corrected chi connectivity index (χ1v) is 9.43. The monoisotopic (exact) mass is 365 g/mol. The van der Waals surface area contributed by atoms with E-state index in [1.54, 1.807) is 11.3 Å². The molecule has 24 heavy (non-hydrogen) atoms. The Bertz CT molecular complexity index is 686. The zero-order valence-corrected chi connectivity index (χ0v) is 15.3. The highest BCUT2D eigenvalue weighted by atomic mass is 35.5. The van der Waals surface area contributed by atoms with Crippen molar-refractivity contribution in [1.29, 1.82) is 0 Å². The van der Waals surface area contributed by atoms with E-state index in [1.165, 1.54) is 24.0 Å². The number of halogens is 1. The van der Waals surface area contributed by atoms with Crippen molar-refractivity contribution in [2.75, 3.05) is 19.6 Å². The standard InChI is InChI=1S/C18H23N3OS.ClH/c22-17(18-9-4-3-5-13(18)11-19-12-18)20-10-8-16-21-14-6-1-2-7-15(14)23-16;/h1-2,6-7,13,19H,3-5,8-12H2,(H,20,22);1H/t13-,18+;/m0./s1. The normalized spacial score (nSPS) is 25.9. The van der Waals surface area contributed by atoms with Gasteiger partial charge in [0.25, 0.3) is 0 Å². The predicted molar refractivity (Wildman–Crippen MR) is 101 cm³/mol. The molecule has 1 saturated carbocycles. The van der Waals surface area contributed by atoms with Gasteiger partial charge in [0.05, 0.1) is 20.6 Å². The predicted octanol–water partition coefficient (Wildman–Crippen LogP) is 3.16. The number of thiazole rings is 1. The van der Waals surface area contributed by atoms with E-state index in [2.05, 4.69) is 21.7 Å². The third-order valence-electron chi connectivity index (χ3n) is 5.45. The highest BCUT2D eigenvalue weighted by molar-refractivity contribution is 7.18. The van der Waals surface area contributed by atoms with Crippen molar-refractivity contribution in [1.82, 2.24) is 15.6 Å². The van der Waals surface area contributed by atoms with E-state index in [9.17, 15) is 4.79 Å². The smallest absolute Gasteiger partial charge is 0.227 e. The third-order valence-corrected chi connectivity index (χ3v) is 6.55. The molecule has 1 aromatic carbocycles. The molecule has 2 N–H and O–H groups in total. The molecular formula is C18H24ClN3OS. The van der Waals surface area contributed by atoms with Gasteiger partial charge in [-0.15, -0.1) is 23.7 Å². The number of nitrogens with one attached hydrogen (secondary N) is 2. The molecule has 0 bridgehead atoms. The minimum Gasteiger partial charge on any atom is -0.355 e. The topological polar surface area (TPSA) is 54.0 Å². The lowest BCUT2D eigenvalue weighted by atomic mass is 9.67. The molecule has 4 nitrogen and oxygen atoms in total. The summed E-state index contributed by atoms with van der Waals surface area (Å²) in [4.78, 5) is 17.4. The molecule has 0 spiro atoms. The van der Waals surface area contributed by atoms with Gasteiger partial charge >= 0.3 is 0 Å². The molecule has 1 aliphatic heterocycles. The van der Waals surface area contributed by atoms with Crippen molar-refractivity contribution in [3.63, 3.8) is 0 Å². The van der Waals surface area contributed by atoms with Gasteiger partial charge in [-0.2, -0.15) is 0 Å². The van der Waals surface area contributed by atoms with Gasteiger partial charge in [0.2, 0.25) is 5.91 Å². The van der Waals surface area contributed by atoms with Crippen LogP contribution in [0.2, 0.25) is 0 Å². The van der Waals surface area contributed by atoms with Gasteiger partial charge in [-0.1, -0.05) is 25.0 Å². The van der Waals surface area contributed by atoms with E-state index in [0.29, 0.717) is 12.5 Å². The first-order chi connectivity index (χ1) is 11.3. The molecule has 0 unspecified atom stereocenters. The number of benzene rings is 1. The lowest BCUT2D eigenvalue weighted by Gasteiger charge is -2.37. The van der Waals surface area contributed by atoms with Crippen molar-refractivity contribution >= 4 is 39.9 Å². The van der Waals surface area contributed by atoms with Crippen LogP contribution in [0, 0.1) is 11.3 Å². The second-order valence-electron chi connectivity index (χ2n) is 6.81. The zero-order chi connectivity index (χ0) is 15.7. The number of hydrogen-bond donors (Lipinski definition) is 2. The minimum absolute atomic E-state index is 0. The van der Waals surface area contributed by atoms with Crippen LogP contribution in [0.4, 0.5) is 0 Å². The van der Waals surface area contributed by atoms with E-state index in [1.807, 2.05) is 18.2 Å². The summed E-state index contributed by atoms with van der Waals surface area (Å²) < 4.78 is 1.22. The fraction of sp³-hybridized carbons (Fsp3) is 0.556. The SMILES string of the molecule is Cl.O=C(NCCc1nc2ccccc2s1)[C@@]12CCCC[C@H]1CNC2. The number of para-hydroxylation sites is 1. The number of carbonyl (C=O) groups excluding carboxylic acids is 1. The summed E-state index contributed by atoms with van der Waals surface area (Å²) in [7, 11) is 0. The second-order valence-corrected chi connectivity index (χ2v) is 7.93. The maximum absolute atomic E-state index is 12.8. The molecule has 0 radical (unpaired) electrons. The molecule has 1 saturated heterocycles. The Morgan fingerprint density at radius 3 is 3.12 bits per heavy atom. The Morgan fingerprint density at radius 1 is 1.38 bits per heavy atom. The van der Waals surface area contributed by atoms with Gasteiger partial charge in [-0.05, 0) is 37.4 Å². The summed E-state index contributed by atoms with van der Waals surface area (Å²) in [6.45, 7) is 2.54. The molecule has 4 rings (SSSR count). The van der Waals surface area contributed by atoms with Gasteiger partial charge in [-0.3, -0.25) is 4.79 Å². The minimum atomic E-state index is -0.147. The average Bonchev–Trinajstić information content (AvgIpc) is 3.18. The van der Waals surface area contributed by atoms with Gasteiger partial charge in [-0.25, -0.2) is 4.98 Å². The highest BCUT2D eigenvalue weighted by Gasteiger charge is 2.49. The summed E-state index contributed by atoms with van der Waals surface area (Å²) in [5.41, 5.74) is 0.913. The number of carbonyl (C=O) groups is 1. The van der Waals surface area contributed by atoms with Crippen molar-refractivity contribution < 1.29 is 4.79 Å². The van der Waals surface area contributed by atoms with Crippen LogP contribution >= 0.6 is 23.7 Å². The molecule has 2 atom stereocenters. The average molecular weight is 366 g/mol. The largest absolute Gasteiger partial charge is 0.355 e. The molecule has 1 amide bonds. The van der Waals surface area contributed by atoms with Crippen LogP contribution < -0.4 is 10.6 Å². The van der Waals surface area contributed by atoms with Gasteiger partial charge in [0.1, 0.15) is 0 Å². The quantitative estimate of drug-likeness (QED) is 0.875. The van der Waals surface area contributed by atoms with Crippen LogP contribution in [0.15, 0.2) is 24.3 Å². The Labute approximate surface area is 152 Å². The maximum Gasteiger partial charge on any atom is 0.227 e. The maximum atomic E-state index is 12.8. The van der Waals surface area contributed by atoms with Gasteiger partial charge in [0.15, 0.2) is 0 Å². The number of hydrogen-bond acceptors (Lipinski definition) is 4. The van der Waals surface area contributed by atoms with Crippen LogP contribution in [0.25, 0.3) is 10.2 Å². The summed E-state index contributed by atoms with van der Waals surface area (Å²) in [6.07, 6.45) is 5.51. The number of fused-ring (bicyclic) bond motifs is 2. The van der Waals surface area contributed by atoms with E-state index in [4.69, 9.17) is 0 Å². The lowest BCUT2D eigenvalue weighted by Crippen LogP contribution is -2.48. The number of amides is 1. The fourth-order valence-electron chi connectivity index (χ4n) is 4.18. The van der Waals surface area contributed by atoms with Crippen molar-refractivity contribution in [3.05, 3.63) is 29.3 Å². The first-order valence-electron chi connectivity index (χ1n) is 8.61. The number of nitrogens with zero attached hydrogens (tertiary/aromatic N) is 1. The number of rotatable bonds is 4. The van der Waals surface area contributed by atoms with E-state index in [0.717, 1.165) is 36.5 Å². The van der Waals surface area contributed by atoms with Crippen LogP contribution in [0.5, 0.6) is 0 Å². The van der Waals surface area contributed by atoms with Crippen LogP contribution in [-0.4, -0.2) is 30.5 Å². The van der Waals surface area contributed by atoms with Crippen LogP contribution in [0.1, 0.15) is 30.7 Å². The molecule has 2 heterocycles. The second kappa shape index (κ2) is 7.38. The van der Waals surface area contributed by atoms with Gasteiger partial charge < -0.3 is 10.6 Å². The van der Waals surface area contributed by atoms with E-state index in [-0.39, 0.29) is 23.7 Å². The summed E-state index contributed by atoms with van der Waals surface area (Å²) >= 11 is 1.73. The van der Waals surface area contributed by atoms with Crippen LogP contribution in [0.3, 0.4) is 0 Å². The van der Waals surface area contributed by atoms with Crippen molar-refractivity contribution in [2.24, 2.45) is 11.3 Å². The molecular weight excluding hydrogens is 342 g/mol. The summed E-state index contributed by atoms with van der Waals surface area (Å²) in [5, 5.41) is 7.74. The van der Waals surface area contributed by atoms with Gasteiger partial charge in [0, 0.05) is 19.5 Å². The summed E-state index contributed by atoms with van der Waals surface area (Å²) in [5.74, 6) is 0.784.